The summed E-state index contributed by atoms with van der Waals surface area (Å²) in [7, 11) is 4.26. The summed E-state index contributed by atoms with van der Waals surface area (Å²) >= 11 is 1.49. The molecule has 1 heterocycles. The van der Waals surface area contributed by atoms with Crippen molar-refractivity contribution in [2.75, 3.05) is 31.3 Å². The molecule has 156 valence electrons. The Hall–Kier alpha value is -2.83. The lowest BCUT2D eigenvalue weighted by atomic mass is 9.83. The van der Waals surface area contributed by atoms with E-state index in [1.54, 1.807) is 0 Å². The van der Waals surface area contributed by atoms with Gasteiger partial charge in [0, 0.05) is 23.0 Å². The number of carbonyl (C=O) groups is 1. The van der Waals surface area contributed by atoms with E-state index in [0.717, 1.165) is 30.8 Å². The molecule has 30 heavy (non-hydrogen) atoms. The molecule has 0 aliphatic heterocycles. The topological polar surface area (TPSA) is 53.6 Å². The summed E-state index contributed by atoms with van der Waals surface area (Å²) in [4.78, 5) is 14.8. The highest BCUT2D eigenvalue weighted by Crippen LogP contribution is 2.33. The number of aryl methyl sites for hydroxylation is 1. The molecule has 0 saturated heterocycles. The molecular weight excluding hydrogens is 394 g/mol. The largest absolute Gasteiger partial charge is 0.454 e. The number of hydrogen-bond acceptors (Lipinski definition) is 4. The zero-order chi connectivity index (χ0) is 20.9. The van der Waals surface area contributed by atoms with Gasteiger partial charge >= 0.3 is 6.03 Å². The van der Waals surface area contributed by atoms with Crippen molar-refractivity contribution in [1.82, 2.24) is 4.90 Å². The van der Waals surface area contributed by atoms with E-state index in [0.29, 0.717) is 17.4 Å². The fourth-order valence-electron chi connectivity index (χ4n) is 3.94. The first-order valence-electron chi connectivity index (χ1n) is 10.2. The number of benzene rings is 2. The van der Waals surface area contributed by atoms with Crippen LogP contribution in [0.4, 0.5) is 16.2 Å². The number of para-hydroxylation sites is 1. The van der Waals surface area contributed by atoms with Crippen LogP contribution in [0.25, 0.3) is 0 Å². The van der Waals surface area contributed by atoms with Crippen molar-refractivity contribution < 1.29 is 9.53 Å². The third kappa shape index (κ3) is 5.20. The molecule has 0 radical (unpaired) electrons. The summed E-state index contributed by atoms with van der Waals surface area (Å²) in [5.74, 6) is 2.08. The first kappa shape index (κ1) is 20.4. The van der Waals surface area contributed by atoms with Gasteiger partial charge in [0.2, 0.25) is 0 Å². The van der Waals surface area contributed by atoms with E-state index in [-0.39, 0.29) is 6.03 Å². The summed E-state index contributed by atoms with van der Waals surface area (Å²) in [5.41, 5.74) is 4.21. The number of thiophene rings is 1. The van der Waals surface area contributed by atoms with Gasteiger partial charge in [0.1, 0.15) is 5.75 Å². The minimum absolute atomic E-state index is 0.271. The first-order chi connectivity index (χ1) is 14.6. The molecule has 1 aliphatic rings. The van der Waals surface area contributed by atoms with E-state index in [1.807, 2.05) is 47.2 Å². The van der Waals surface area contributed by atoms with Gasteiger partial charge in [0.15, 0.2) is 5.75 Å². The number of anilines is 2. The van der Waals surface area contributed by atoms with Gasteiger partial charge in [0.05, 0.1) is 5.69 Å². The summed E-state index contributed by atoms with van der Waals surface area (Å²) in [6.45, 7) is 1.12. The van der Waals surface area contributed by atoms with Crippen molar-refractivity contribution in [2.24, 2.45) is 5.92 Å². The molecule has 1 unspecified atom stereocenters. The predicted octanol–water partition coefficient (Wildman–Crippen LogP) is 5.85. The lowest BCUT2D eigenvalue weighted by molar-refractivity contribution is 0.262. The van der Waals surface area contributed by atoms with Crippen molar-refractivity contribution in [2.45, 2.75) is 19.3 Å². The normalized spacial score (nSPS) is 15.5. The minimum Gasteiger partial charge on any atom is -0.454 e. The summed E-state index contributed by atoms with van der Waals surface area (Å²) < 4.78 is 5.88. The Bertz CT molecular complexity index is 1000. The SMILES string of the molecule is CN(C)CC1CCc2cc(NC(=O)Nc3cscc3Oc3ccccc3)ccc2C1. The molecule has 2 aromatic carbocycles. The average Bonchev–Trinajstić information content (AvgIpc) is 3.14. The highest BCUT2D eigenvalue weighted by Gasteiger charge is 2.20. The maximum atomic E-state index is 12.5. The molecular formula is C24H27N3O2S. The van der Waals surface area contributed by atoms with Gasteiger partial charge < -0.3 is 20.3 Å². The molecule has 5 nitrogen and oxygen atoms in total. The third-order valence-corrected chi connectivity index (χ3v) is 5.99. The fourth-order valence-corrected chi connectivity index (χ4v) is 4.61. The van der Waals surface area contributed by atoms with Gasteiger partial charge in [-0.05, 0) is 74.7 Å². The van der Waals surface area contributed by atoms with Crippen molar-refractivity contribution in [3.63, 3.8) is 0 Å². The van der Waals surface area contributed by atoms with Crippen molar-refractivity contribution in [3.05, 3.63) is 70.4 Å². The lowest BCUT2D eigenvalue weighted by Gasteiger charge is -2.27. The van der Waals surface area contributed by atoms with E-state index >= 15 is 0 Å². The van der Waals surface area contributed by atoms with E-state index in [9.17, 15) is 4.79 Å². The molecule has 6 heteroatoms. The standard InChI is InChI=1S/C24H27N3O2S/c1-27(2)14-17-8-9-19-13-20(11-10-18(19)12-17)25-24(28)26-22-15-30-16-23(22)29-21-6-4-3-5-7-21/h3-7,10-11,13,15-17H,8-9,12,14H2,1-2H3,(H2,25,26,28). The first-order valence-corrected chi connectivity index (χ1v) is 11.1. The van der Waals surface area contributed by atoms with Gasteiger partial charge in [-0.25, -0.2) is 4.79 Å². The Balaban J connectivity index is 1.37. The number of amides is 2. The van der Waals surface area contributed by atoms with Crippen molar-refractivity contribution in [3.8, 4) is 11.5 Å². The second-order valence-corrected chi connectivity index (χ2v) is 8.74. The second-order valence-electron chi connectivity index (χ2n) is 8.00. The summed E-state index contributed by atoms with van der Waals surface area (Å²) in [5, 5.41) is 9.60. The molecule has 0 fully saturated rings. The number of nitrogens with one attached hydrogen (secondary N) is 2. The van der Waals surface area contributed by atoms with Crippen LogP contribution in [0.15, 0.2) is 59.3 Å². The summed E-state index contributed by atoms with van der Waals surface area (Å²) in [6, 6.07) is 15.5. The van der Waals surface area contributed by atoms with Crippen LogP contribution in [0.3, 0.4) is 0 Å². The van der Waals surface area contributed by atoms with Crippen molar-refractivity contribution >= 4 is 28.7 Å². The molecule has 0 saturated carbocycles. The molecule has 0 spiro atoms. The van der Waals surface area contributed by atoms with Crippen LogP contribution in [0.5, 0.6) is 11.5 Å². The zero-order valence-electron chi connectivity index (χ0n) is 17.4. The van der Waals surface area contributed by atoms with Crippen LogP contribution < -0.4 is 15.4 Å². The van der Waals surface area contributed by atoms with Crippen LogP contribution in [0, 0.1) is 5.92 Å². The van der Waals surface area contributed by atoms with E-state index in [1.165, 1.54) is 28.9 Å². The number of hydrogen-bond donors (Lipinski definition) is 2. The second kappa shape index (κ2) is 9.32. The maximum absolute atomic E-state index is 12.5. The van der Waals surface area contributed by atoms with Crippen LogP contribution in [-0.4, -0.2) is 31.6 Å². The fraction of sp³-hybridized carbons (Fsp3) is 0.292. The van der Waals surface area contributed by atoms with Crippen molar-refractivity contribution in [1.29, 1.82) is 0 Å². The Morgan fingerprint density at radius 2 is 1.93 bits per heavy atom. The molecule has 0 bridgehead atoms. The Morgan fingerprint density at radius 1 is 1.10 bits per heavy atom. The van der Waals surface area contributed by atoms with Crippen LogP contribution in [0.2, 0.25) is 0 Å². The lowest BCUT2D eigenvalue weighted by Crippen LogP contribution is -2.26. The number of urea groups is 1. The number of carbonyl (C=O) groups excluding carboxylic acids is 1. The van der Waals surface area contributed by atoms with E-state index < -0.39 is 0 Å². The Kier molecular flexibility index (Phi) is 6.35. The third-order valence-electron chi connectivity index (χ3n) is 5.26. The average molecular weight is 422 g/mol. The van der Waals surface area contributed by atoms with Gasteiger partial charge in [-0.1, -0.05) is 24.3 Å². The number of ether oxygens (including phenoxy) is 1. The molecule has 3 aromatic rings. The molecule has 2 N–H and O–H groups in total. The number of nitrogens with zero attached hydrogens (tertiary/aromatic N) is 1. The van der Waals surface area contributed by atoms with E-state index in [2.05, 4.69) is 41.8 Å². The zero-order valence-corrected chi connectivity index (χ0v) is 18.2. The molecule has 1 atom stereocenters. The molecule has 1 aromatic heterocycles. The minimum atomic E-state index is -0.271. The maximum Gasteiger partial charge on any atom is 0.323 e. The monoisotopic (exact) mass is 421 g/mol. The smallest absolute Gasteiger partial charge is 0.323 e. The number of fused-ring (bicyclic) bond motifs is 1. The Labute approximate surface area is 181 Å². The van der Waals surface area contributed by atoms with Gasteiger partial charge in [0.25, 0.3) is 0 Å². The molecule has 1 aliphatic carbocycles. The summed E-state index contributed by atoms with van der Waals surface area (Å²) in [6.07, 6.45) is 3.36. The van der Waals surface area contributed by atoms with Gasteiger partial charge in [-0.3, -0.25) is 0 Å². The van der Waals surface area contributed by atoms with Crippen LogP contribution in [0.1, 0.15) is 17.5 Å². The van der Waals surface area contributed by atoms with E-state index in [4.69, 9.17) is 4.74 Å². The van der Waals surface area contributed by atoms with Gasteiger partial charge in [-0.15, -0.1) is 11.3 Å². The van der Waals surface area contributed by atoms with Crippen LogP contribution >= 0.6 is 11.3 Å². The highest BCUT2D eigenvalue weighted by atomic mass is 32.1. The molecule has 4 rings (SSSR count). The predicted molar refractivity (Wildman–Crippen MR) is 124 cm³/mol. The van der Waals surface area contributed by atoms with Gasteiger partial charge in [-0.2, -0.15) is 0 Å². The van der Waals surface area contributed by atoms with Crippen LogP contribution in [-0.2, 0) is 12.8 Å². The number of rotatable bonds is 6. The quantitative estimate of drug-likeness (QED) is 0.525. The highest BCUT2D eigenvalue weighted by molar-refractivity contribution is 7.08. The Morgan fingerprint density at radius 3 is 2.73 bits per heavy atom. The molecule has 2 amide bonds.